The minimum Gasteiger partial charge on any atom is -0.508 e. The maximum atomic E-state index is 9.73. The Morgan fingerprint density at radius 2 is 1.28 bits per heavy atom. The first-order valence-electron chi connectivity index (χ1n) is 8.26. The Labute approximate surface area is 146 Å². The van der Waals surface area contributed by atoms with Gasteiger partial charge in [0.2, 0.25) is 0 Å². The quantitative estimate of drug-likeness (QED) is 0.537. The van der Waals surface area contributed by atoms with Crippen molar-refractivity contribution in [3.8, 4) is 28.4 Å². The minimum absolute atomic E-state index is 0.0675. The van der Waals surface area contributed by atoms with Crippen LogP contribution in [0, 0.1) is 0 Å². The van der Waals surface area contributed by atoms with Gasteiger partial charge in [-0.2, -0.15) is 0 Å². The predicted molar refractivity (Wildman–Crippen MR) is 96.6 cm³/mol. The zero-order valence-corrected chi connectivity index (χ0v) is 13.6. The zero-order valence-electron chi connectivity index (χ0n) is 13.6. The number of aromatic hydroxyl groups is 3. The molecule has 4 rings (SSSR count). The number of hydrogen-bond donors (Lipinski definition) is 4. The standard InChI is InChI=1S/C21H19NO3/c23-18-7-5-14(6-8-18)13-1-3-15(4-2-13)19-9-16-10-20(24)21(25)11-17(16)12-22-19/h1-8,10-11,19,22-25H,9,12H2. The summed E-state index contributed by atoms with van der Waals surface area (Å²) < 4.78 is 0. The third-order valence-electron chi connectivity index (χ3n) is 4.77. The Morgan fingerprint density at radius 3 is 1.92 bits per heavy atom. The third-order valence-corrected chi connectivity index (χ3v) is 4.77. The molecule has 0 bridgehead atoms. The number of phenols is 3. The topological polar surface area (TPSA) is 72.7 Å². The van der Waals surface area contributed by atoms with Crippen LogP contribution in [-0.2, 0) is 13.0 Å². The van der Waals surface area contributed by atoms with Gasteiger partial charge in [0.1, 0.15) is 5.75 Å². The largest absolute Gasteiger partial charge is 0.508 e. The van der Waals surface area contributed by atoms with E-state index in [2.05, 4.69) is 29.6 Å². The first-order chi connectivity index (χ1) is 12.1. The lowest BCUT2D eigenvalue weighted by atomic mass is 9.90. The SMILES string of the molecule is Oc1ccc(-c2ccc(C3Cc4cc(O)c(O)cc4CN3)cc2)cc1. The Hall–Kier alpha value is -2.98. The molecule has 0 fully saturated rings. The smallest absolute Gasteiger partial charge is 0.157 e. The summed E-state index contributed by atoms with van der Waals surface area (Å²) in [6.07, 6.45) is 0.766. The highest BCUT2D eigenvalue weighted by molar-refractivity contribution is 5.64. The van der Waals surface area contributed by atoms with Gasteiger partial charge in [0.25, 0.3) is 0 Å². The highest BCUT2D eigenvalue weighted by atomic mass is 16.3. The molecule has 0 saturated carbocycles. The van der Waals surface area contributed by atoms with Crippen LogP contribution in [0.25, 0.3) is 11.1 Å². The average molecular weight is 333 g/mol. The molecule has 3 aromatic carbocycles. The molecule has 4 N–H and O–H groups in total. The summed E-state index contributed by atoms with van der Waals surface area (Å²) in [5.41, 5.74) is 5.42. The van der Waals surface area contributed by atoms with Gasteiger partial charge in [-0.25, -0.2) is 0 Å². The molecule has 1 unspecified atom stereocenters. The number of fused-ring (bicyclic) bond motifs is 1. The highest BCUT2D eigenvalue weighted by Gasteiger charge is 2.21. The molecule has 0 spiro atoms. The summed E-state index contributed by atoms with van der Waals surface area (Å²) in [6, 6.07) is 19.0. The molecule has 3 aromatic rings. The number of phenolic OH excluding ortho intramolecular Hbond substituents is 3. The van der Waals surface area contributed by atoms with Crippen molar-refractivity contribution >= 4 is 0 Å². The van der Waals surface area contributed by atoms with E-state index in [-0.39, 0.29) is 23.3 Å². The van der Waals surface area contributed by atoms with Crippen LogP contribution < -0.4 is 5.32 Å². The molecular formula is C21H19NO3. The second kappa shape index (κ2) is 6.15. The predicted octanol–water partition coefficient (Wildman–Crippen LogP) is 3.86. The first kappa shape index (κ1) is 15.5. The normalized spacial score (nSPS) is 16.4. The van der Waals surface area contributed by atoms with Gasteiger partial charge in [-0.05, 0) is 58.5 Å². The van der Waals surface area contributed by atoms with Crippen LogP contribution in [0.5, 0.6) is 17.2 Å². The number of hydrogen-bond acceptors (Lipinski definition) is 4. The Morgan fingerprint density at radius 1 is 0.720 bits per heavy atom. The van der Waals surface area contributed by atoms with E-state index in [1.807, 2.05) is 12.1 Å². The van der Waals surface area contributed by atoms with Gasteiger partial charge in [-0.3, -0.25) is 0 Å². The fraction of sp³-hybridized carbons (Fsp3) is 0.143. The summed E-state index contributed by atoms with van der Waals surface area (Å²) in [7, 11) is 0. The molecular weight excluding hydrogens is 314 g/mol. The van der Waals surface area contributed by atoms with Crippen LogP contribution in [0.15, 0.2) is 60.7 Å². The minimum atomic E-state index is -0.0720. The van der Waals surface area contributed by atoms with Gasteiger partial charge < -0.3 is 20.6 Å². The maximum Gasteiger partial charge on any atom is 0.157 e. The van der Waals surface area contributed by atoms with Gasteiger partial charge in [-0.1, -0.05) is 36.4 Å². The van der Waals surface area contributed by atoms with Crippen LogP contribution in [0.1, 0.15) is 22.7 Å². The fourth-order valence-electron chi connectivity index (χ4n) is 3.34. The van der Waals surface area contributed by atoms with E-state index in [9.17, 15) is 15.3 Å². The average Bonchev–Trinajstić information content (AvgIpc) is 2.63. The molecule has 4 nitrogen and oxygen atoms in total. The summed E-state index contributed by atoms with van der Waals surface area (Å²) >= 11 is 0. The van der Waals surface area contributed by atoms with E-state index in [0.717, 1.165) is 28.7 Å². The molecule has 0 aliphatic carbocycles. The molecule has 0 radical (unpaired) electrons. The van der Waals surface area contributed by atoms with E-state index < -0.39 is 0 Å². The van der Waals surface area contributed by atoms with Crippen LogP contribution in [0.2, 0.25) is 0 Å². The summed E-state index contributed by atoms with van der Waals surface area (Å²) in [5, 5.41) is 32.2. The van der Waals surface area contributed by atoms with Crippen molar-refractivity contribution < 1.29 is 15.3 Å². The molecule has 4 heteroatoms. The molecule has 1 aliphatic rings. The van der Waals surface area contributed by atoms with Crippen molar-refractivity contribution in [3.05, 3.63) is 77.4 Å². The van der Waals surface area contributed by atoms with Crippen LogP contribution in [0.4, 0.5) is 0 Å². The molecule has 0 aromatic heterocycles. The second-order valence-corrected chi connectivity index (χ2v) is 6.42. The summed E-state index contributed by atoms with van der Waals surface area (Å²) in [4.78, 5) is 0. The Bertz CT molecular complexity index is 902. The van der Waals surface area contributed by atoms with Gasteiger partial charge >= 0.3 is 0 Å². The van der Waals surface area contributed by atoms with Gasteiger partial charge in [0.05, 0.1) is 0 Å². The second-order valence-electron chi connectivity index (χ2n) is 6.42. The van der Waals surface area contributed by atoms with Crippen molar-refractivity contribution in [3.63, 3.8) is 0 Å². The van der Waals surface area contributed by atoms with Crippen molar-refractivity contribution in [2.24, 2.45) is 0 Å². The molecule has 0 saturated heterocycles. The van der Waals surface area contributed by atoms with Crippen LogP contribution in [-0.4, -0.2) is 15.3 Å². The van der Waals surface area contributed by atoms with Crippen molar-refractivity contribution in [2.45, 2.75) is 19.0 Å². The summed E-state index contributed by atoms with van der Waals surface area (Å²) in [6.45, 7) is 0.660. The molecule has 1 heterocycles. The molecule has 0 amide bonds. The highest BCUT2D eigenvalue weighted by Crippen LogP contribution is 2.34. The van der Waals surface area contributed by atoms with E-state index in [4.69, 9.17) is 0 Å². The Balaban J connectivity index is 1.56. The van der Waals surface area contributed by atoms with E-state index in [1.165, 1.54) is 5.56 Å². The summed E-state index contributed by atoms with van der Waals surface area (Å²) in [5.74, 6) is 0.124. The van der Waals surface area contributed by atoms with E-state index in [0.29, 0.717) is 6.54 Å². The van der Waals surface area contributed by atoms with Gasteiger partial charge in [0, 0.05) is 12.6 Å². The lowest BCUT2D eigenvalue weighted by Gasteiger charge is -2.27. The zero-order chi connectivity index (χ0) is 17.4. The van der Waals surface area contributed by atoms with Crippen molar-refractivity contribution in [1.29, 1.82) is 0 Å². The molecule has 126 valence electrons. The van der Waals surface area contributed by atoms with E-state index >= 15 is 0 Å². The molecule has 1 atom stereocenters. The fourth-order valence-corrected chi connectivity index (χ4v) is 3.34. The molecule has 1 aliphatic heterocycles. The third kappa shape index (κ3) is 3.04. The van der Waals surface area contributed by atoms with Gasteiger partial charge in [0.15, 0.2) is 11.5 Å². The van der Waals surface area contributed by atoms with Crippen LogP contribution in [0.3, 0.4) is 0 Å². The monoisotopic (exact) mass is 333 g/mol. The Kier molecular flexibility index (Phi) is 3.82. The van der Waals surface area contributed by atoms with Crippen molar-refractivity contribution in [2.75, 3.05) is 0 Å². The van der Waals surface area contributed by atoms with Crippen LogP contribution >= 0.6 is 0 Å². The lowest BCUT2D eigenvalue weighted by molar-refractivity contribution is 0.399. The maximum absolute atomic E-state index is 9.73. The number of rotatable bonds is 2. The van der Waals surface area contributed by atoms with E-state index in [1.54, 1.807) is 24.3 Å². The number of nitrogens with one attached hydrogen (secondary N) is 1. The molecule has 25 heavy (non-hydrogen) atoms. The van der Waals surface area contributed by atoms with Gasteiger partial charge in [-0.15, -0.1) is 0 Å². The lowest BCUT2D eigenvalue weighted by Crippen LogP contribution is -2.28. The van der Waals surface area contributed by atoms with Crippen molar-refractivity contribution in [1.82, 2.24) is 5.32 Å². The first-order valence-corrected chi connectivity index (χ1v) is 8.26. The number of benzene rings is 3.